The minimum atomic E-state index is -0.316. The Kier molecular flexibility index (Phi) is 4.34. The van der Waals surface area contributed by atoms with Crippen LogP contribution < -0.4 is 10.2 Å². The van der Waals surface area contributed by atoms with E-state index in [1.165, 1.54) is 6.21 Å². The van der Waals surface area contributed by atoms with Crippen LogP contribution in [0.4, 0.5) is 0 Å². The van der Waals surface area contributed by atoms with Crippen LogP contribution in [0.5, 0.6) is 11.5 Å². The average molecular weight is 270 g/mol. The van der Waals surface area contributed by atoms with Crippen LogP contribution in [0.1, 0.15) is 15.9 Å². The van der Waals surface area contributed by atoms with E-state index < -0.39 is 0 Å². The van der Waals surface area contributed by atoms with Gasteiger partial charge in [-0.25, -0.2) is 5.43 Å². The zero-order chi connectivity index (χ0) is 14.4. The smallest absolute Gasteiger partial charge is 0.271 e. The summed E-state index contributed by atoms with van der Waals surface area (Å²) in [5.74, 6) is 0.518. The Hall–Kier alpha value is -2.82. The number of ether oxygens (including phenoxy) is 1. The van der Waals surface area contributed by atoms with Gasteiger partial charge in [-0.1, -0.05) is 12.1 Å². The molecule has 0 aromatic heterocycles. The number of hydrogen-bond acceptors (Lipinski definition) is 4. The van der Waals surface area contributed by atoms with Gasteiger partial charge in [0.2, 0.25) is 0 Å². The minimum absolute atomic E-state index is 0.149. The summed E-state index contributed by atoms with van der Waals surface area (Å²) in [5.41, 5.74) is 3.59. The van der Waals surface area contributed by atoms with Crippen LogP contribution in [-0.2, 0) is 0 Å². The first-order chi connectivity index (χ1) is 9.69. The normalized spacial score (nSPS) is 10.4. The number of nitrogens with zero attached hydrogens (tertiary/aromatic N) is 1. The van der Waals surface area contributed by atoms with Gasteiger partial charge in [-0.05, 0) is 42.0 Å². The molecule has 20 heavy (non-hydrogen) atoms. The first-order valence-corrected chi connectivity index (χ1v) is 5.95. The number of amides is 1. The molecule has 102 valence electrons. The fraction of sp³-hybridized carbons (Fsp3) is 0.0667. The van der Waals surface area contributed by atoms with Crippen molar-refractivity contribution < 1.29 is 14.6 Å². The van der Waals surface area contributed by atoms with E-state index in [0.717, 1.165) is 0 Å². The van der Waals surface area contributed by atoms with E-state index in [2.05, 4.69) is 10.5 Å². The van der Waals surface area contributed by atoms with Gasteiger partial charge in [0, 0.05) is 5.56 Å². The Morgan fingerprint density at radius 1 is 1.25 bits per heavy atom. The van der Waals surface area contributed by atoms with Gasteiger partial charge in [-0.3, -0.25) is 4.79 Å². The number of hydrazone groups is 1. The number of hydrogen-bond donors (Lipinski definition) is 2. The van der Waals surface area contributed by atoms with E-state index in [1.807, 2.05) is 0 Å². The summed E-state index contributed by atoms with van der Waals surface area (Å²) in [5, 5.41) is 13.1. The third kappa shape index (κ3) is 3.58. The fourth-order valence-corrected chi connectivity index (χ4v) is 1.58. The lowest BCUT2D eigenvalue weighted by Gasteiger charge is -2.02. The second-order valence-corrected chi connectivity index (χ2v) is 4.02. The lowest BCUT2D eigenvalue weighted by molar-refractivity contribution is 0.0955. The van der Waals surface area contributed by atoms with Crippen molar-refractivity contribution in [3.8, 4) is 11.5 Å². The summed E-state index contributed by atoms with van der Waals surface area (Å²) in [6.45, 7) is 0. The van der Waals surface area contributed by atoms with Crippen molar-refractivity contribution in [1.29, 1.82) is 0 Å². The van der Waals surface area contributed by atoms with Crippen molar-refractivity contribution in [2.24, 2.45) is 5.10 Å². The number of carbonyl (C=O) groups excluding carboxylic acids is 1. The summed E-state index contributed by atoms with van der Waals surface area (Å²) in [6, 6.07) is 13.3. The third-order valence-electron chi connectivity index (χ3n) is 2.60. The van der Waals surface area contributed by atoms with Crippen molar-refractivity contribution in [3.63, 3.8) is 0 Å². The van der Waals surface area contributed by atoms with Crippen LogP contribution in [0.3, 0.4) is 0 Å². The van der Waals surface area contributed by atoms with Gasteiger partial charge in [0.1, 0.15) is 11.5 Å². The fourth-order valence-electron chi connectivity index (χ4n) is 1.58. The zero-order valence-corrected chi connectivity index (χ0v) is 10.9. The van der Waals surface area contributed by atoms with Crippen LogP contribution in [-0.4, -0.2) is 24.3 Å². The van der Waals surface area contributed by atoms with E-state index >= 15 is 0 Å². The Morgan fingerprint density at radius 2 is 2.00 bits per heavy atom. The van der Waals surface area contributed by atoms with Crippen LogP contribution >= 0.6 is 0 Å². The van der Waals surface area contributed by atoms with Gasteiger partial charge in [0.25, 0.3) is 5.91 Å². The highest BCUT2D eigenvalue weighted by atomic mass is 16.5. The summed E-state index contributed by atoms with van der Waals surface area (Å²) in [7, 11) is 1.56. The molecule has 2 rings (SSSR count). The Bertz CT molecular complexity index is 621. The number of phenolic OH excluding ortho intramolecular Hbond substituents is 1. The maximum atomic E-state index is 11.8. The Morgan fingerprint density at radius 3 is 2.65 bits per heavy atom. The topological polar surface area (TPSA) is 70.9 Å². The molecule has 0 aliphatic carbocycles. The molecule has 5 heteroatoms. The standard InChI is InChI=1S/C15H14N2O3/c1-20-14-7-5-12(6-8-14)15(19)17-16-10-11-3-2-4-13(18)9-11/h2-10,18H,1H3,(H,17,19)/b16-10-. The molecule has 0 saturated carbocycles. The number of phenols is 1. The molecule has 1 amide bonds. The summed E-state index contributed by atoms with van der Waals surface area (Å²) >= 11 is 0. The molecule has 0 bridgehead atoms. The first kappa shape index (κ1) is 13.6. The molecule has 0 fully saturated rings. The maximum Gasteiger partial charge on any atom is 0.271 e. The maximum absolute atomic E-state index is 11.8. The van der Waals surface area contributed by atoms with Crippen LogP contribution in [0.25, 0.3) is 0 Å². The number of rotatable bonds is 4. The molecule has 0 heterocycles. The predicted octanol–water partition coefficient (Wildman–Crippen LogP) is 2.16. The van der Waals surface area contributed by atoms with Crippen molar-refractivity contribution in [1.82, 2.24) is 5.43 Å². The second-order valence-electron chi connectivity index (χ2n) is 4.02. The molecule has 0 aliphatic heterocycles. The lowest BCUT2D eigenvalue weighted by atomic mass is 10.2. The molecule has 0 aliphatic rings. The molecule has 2 aromatic rings. The molecular formula is C15H14N2O3. The zero-order valence-electron chi connectivity index (χ0n) is 10.9. The van der Waals surface area contributed by atoms with E-state index in [9.17, 15) is 9.90 Å². The second kappa shape index (κ2) is 6.38. The number of methoxy groups -OCH3 is 1. The SMILES string of the molecule is COc1ccc(C(=O)N/N=C\c2cccc(O)c2)cc1. The number of nitrogens with one attached hydrogen (secondary N) is 1. The van der Waals surface area contributed by atoms with Gasteiger partial charge >= 0.3 is 0 Å². The third-order valence-corrected chi connectivity index (χ3v) is 2.60. The van der Waals surface area contributed by atoms with Gasteiger partial charge in [0.05, 0.1) is 13.3 Å². The van der Waals surface area contributed by atoms with Crippen molar-refractivity contribution in [2.45, 2.75) is 0 Å². The number of aromatic hydroxyl groups is 1. The molecule has 2 N–H and O–H groups in total. The summed E-state index contributed by atoms with van der Waals surface area (Å²) in [6.07, 6.45) is 1.46. The molecule has 0 atom stereocenters. The molecule has 5 nitrogen and oxygen atoms in total. The van der Waals surface area contributed by atoms with E-state index in [1.54, 1.807) is 55.6 Å². The van der Waals surface area contributed by atoms with Gasteiger partial charge in [-0.2, -0.15) is 5.10 Å². The first-order valence-electron chi connectivity index (χ1n) is 5.95. The van der Waals surface area contributed by atoms with Crippen molar-refractivity contribution >= 4 is 12.1 Å². The highest BCUT2D eigenvalue weighted by Crippen LogP contribution is 2.11. The van der Waals surface area contributed by atoms with Gasteiger partial charge in [0.15, 0.2) is 0 Å². The number of benzene rings is 2. The van der Waals surface area contributed by atoms with Crippen molar-refractivity contribution in [2.75, 3.05) is 7.11 Å². The number of carbonyl (C=O) groups is 1. The molecule has 2 aromatic carbocycles. The Labute approximate surface area is 116 Å². The monoisotopic (exact) mass is 270 g/mol. The predicted molar refractivity (Wildman–Crippen MR) is 76.2 cm³/mol. The van der Waals surface area contributed by atoms with E-state index in [4.69, 9.17) is 4.74 Å². The van der Waals surface area contributed by atoms with E-state index in [0.29, 0.717) is 16.9 Å². The molecule has 0 saturated heterocycles. The Balaban J connectivity index is 1.97. The molecule has 0 unspecified atom stereocenters. The molecule has 0 spiro atoms. The highest BCUT2D eigenvalue weighted by molar-refractivity contribution is 5.95. The van der Waals surface area contributed by atoms with Gasteiger partial charge in [-0.15, -0.1) is 0 Å². The van der Waals surface area contributed by atoms with E-state index in [-0.39, 0.29) is 11.7 Å². The molecule has 0 radical (unpaired) electrons. The lowest BCUT2D eigenvalue weighted by Crippen LogP contribution is -2.17. The highest BCUT2D eigenvalue weighted by Gasteiger charge is 2.03. The van der Waals surface area contributed by atoms with Crippen LogP contribution in [0.15, 0.2) is 53.6 Å². The summed E-state index contributed by atoms with van der Waals surface area (Å²) < 4.78 is 5.01. The minimum Gasteiger partial charge on any atom is -0.508 e. The summed E-state index contributed by atoms with van der Waals surface area (Å²) in [4.78, 5) is 11.8. The molecular weight excluding hydrogens is 256 g/mol. The van der Waals surface area contributed by atoms with Crippen LogP contribution in [0.2, 0.25) is 0 Å². The average Bonchev–Trinajstić information content (AvgIpc) is 2.47. The quantitative estimate of drug-likeness (QED) is 0.660. The van der Waals surface area contributed by atoms with Crippen LogP contribution in [0, 0.1) is 0 Å². The largest absolute Gasteiger partial charge is 0.508 e. The van der Waals surface area contributed by atoms with Crippen molar-refractivity contribution in [3.05, 3.63) is 59.7 Å². The van der Waals surface area contributed by atoms with Gasteiger partial charge < -0.3 is 9.84 Å².